The number of anilines is 1. The van der Waals surface area contributed by atoms with Crippen molar-refractivity contribution in [1.29, 1.82) is 0 Å². The summed E-state index contributed by atoms with van der Waals surface area (Å²) in [6, 6.07) is 3.77. The van der Waals surface area contributed by atoms with Crippen LogP contribution in [0.4, 0.5) is 5.69 Å². The van der Waals surface area contributed by atoms with Crippen LogP contribution in [0.5, 0.6) is 0 Å². The Labute approximate surface area is 123 Å². The molecule has 1 aromatic rings. The zero-order chi connectivity index (χ0) is 15.6. The van der Waals surface area contributed by atoms with Crippen molar-refractivity contribution in [2.75, 3.05) is 25.4 Å². The Hall–Kier alpha value is -1.64. The van der Waals surface area contributed by atoms with Gasteiger partial charge in [0.1, 0.15) is 0 Å². The first-order valence-corrected chi connectivity index (χ1v) is 8.01. The number of hydrogen-bond acceptors (Lipinski definition) is 5. The van der Waals surface area contributed by atoms with Gasteiger partial charge in [-0.05, 0) is 31.5 Å². The maximum Gasteiger partial charge on any atom is 0.337 e. The number of nitrogens with two attached hydrogens (primary N) is 1. The summed E-state index contributed by atoms with van der Waals surface area (Å²) < 4.78 is 32.1. The summed E-state index contributed by atoms with van der Waals surface area (Å²) in [4.78, 5) is 11.0. The van der Waals surface area contributed by atoms with Crippen molar-refractivity contribution in [2.45, 2.75) is 24.3 Å². The monoisotopic (exact) mass is 314 g/mol. The quantitative estimate of drug-likeness (QED) is 0.797. The summed E-state index contributed by atoms with van der Waals surface area (Å²) in [7, 11) is -3.92. The van der Waals surface area contributed by atoms with Crippen LogP contribution in [0.25, 0.3) is 0 Å². The second kappa shape index (κ2) is 6.00. The van der Waals surface area contributed by atoms with E-state index in [1.165, 1.54) is 22.5 Å². The molecule has 8 heteroatoms. The molecule has 21 heavy (non-hydrogen) atoms. The molecule has 0 spiro atoms. The number of carboxylic acids is 1. The van der Waals surface area contributed by atoms with E-state index in [9.17, 15) is 18.3 Å². The van der Waals surface area contributed by atoms with Crippen molar-refractivity contribution in [3.63, 3.8) is 0 Å². The molecule has 3 N–H and O–H groups in total. The van der Waals surface area contributed by atoms with Crippen molar-refractivity contribution in [2.24, 2.45) is 0 Å². The highest BCUT2D eigenvalue weighted by molar-refractivity contribution is 7.89. The van der Waals surface area contributed by atoms with Crippen LogP contribution in [0.15, 0.2) is 23.1 Å². The number of aromatic carboxylic acids is 1. The fourth-order valence-electron chi connectivity index (χ4n) is 2.24. The second-order valence-corrected chi connectivity index (χ2v) is 6.87. The van der Waals surface area contributed by atoms with Gasteiger partial charge in [0.25, 0.3) is 0 Å². The molecule has 1 saturated heterocycles. The van der Waals surface area contributed by atoms with Gasteiger partial charge < -0.3 is 15.6 Å². The van der Waals surface area contributed by atoms with Crippen molar-refractivity contribution >= 4 is 21.7 Å². The minimum Gasteiger partial charge on any atom is -0.478 e. The van der Waals surface area contributed by atoms with Gasteiger partial charge in [0.2, 0.25) is 10.0 Å². The summed E-state index contributed by atoms with van der Waals surface area (Å²) in [5.41, 5.74) is 5.54. The summed E-state index contributed by atoms with van der Waals surface area (Å²) in [6.45, 7) is 2.75. The lowest BCUT2D eigenvalue weighted by molar-refractivity contribution is 0.0692. The van der Waals surface area contributed by atoms with E-state index in [4.69, 9.17) is 10.5 Å². The number of nitrogens with zero attached hydrogens (tertiary/aromatic N) is 1. The number of ether oxygens (including phenoxy) is 1. The average molecular weight is 314 g/mol. The molecule has 1 aliphatic heterocycles. The first-order valence-electron chi connectivity index (χ1n) is 6.57. The SMILES string of the molecule is CC1CN(S(=O)(=O)c2cc(N)ccc2C(=O)O)CCCO1. The Morgan fingerprint density at radius 2 is 2.19 bits per heavy atom. The van der Waals surface area contributed by atoms with Crippen LogP contribution < -0.4 is 5.73 Å². The summed E-state index contributed by atoms with van der Waals surface area (Å²) in [5, 5.41) is 9.18. The maximum atomic E-state index is 12.7. The summed E-state index contributed by atoms with van der Waals surface area (Å²) in [5.74, 6) is -1.30. The second-order valence-electron chi connectivity index (χ2n) is 4.96. The van der Waals surface area contributed by atoms with Crippen LogP contribution in [-0.2, 0) is 14.8 Å². The molecule has 0 bridgehead atoms. The minimum absolute atomic E-state index is 0.191. The number of carbonyl (C=O) groups is 1. The largest absolute Gasteiger partial charge is 0.478 e. The topological polar surface area (TPSA) is 110 Å². The van der Waals surface area contributed by atoms with E-state index in [1.54, 1.807) is 6.92 Å². The molecule has 1 aromatic carbocycles. The molecular formula is C13H18N2O5S. The highest BCUT2D eigenvalue weighted by Gasteiger charge is 2.31. The molecule has 0 radical (unpaired) electrons. The Balaban J connectivity index is 2.48. The molecule has 0 saturated carbocycles. The summed E-state index contributed by atoms with van der Waals surface area (Å²) >= 11 is 0. The first kappa shape index (κ1) is 15.7. The van der Waals surface area contributed by atoms with E-state index in [0.29, 0.717) is 19.6 Å². The maximum absolute atomic E-state index is 12.7. The number of rotatable bonds is 3. The molecule has 116 valence electrons. The molecule has 0 aromatic heterocycles. The third-order valence-corrected chi connectivity index (χ3v) is 5.17. The third-order valence-electron chi connectivity index (χ3n) is 3.27. The molecule has 1 fully saturated rings. The van der Waals surface area contributed by atoms with Gasteiger partial charge in [0, 0.05) is 25.4 Å². The van der Waals surface area contributed by atoms with Crippen LogP contribution in [0.1, 0.15) is 23.7 Å². The van der Waals surface area contributed by atoms with Gasteiger partial charge >= 0.3 is 5.97 Å². The van der Waals surface area contributed by atoms with Crippen molar-refractivity contribution < 1.29 is 23.1 Å². The van der Waals surface area contributed by atoms with Crippen LogP contribution in [0.2, 0.25) is 0 Å². The zero-order valence-corrected chi connectivity index (χ0v) is 12.5. The normalized spacial score (nSPS) is 20.9. The molecular weight excluding hydrogens is 296 g/mol. The van der Waals surface area contributed by atoms with Gasteiger partial charge in [-0.2, -0.15) is 4.31 Å². The van der Waals surface area contributed by atoms with E-state index < -0.39 is 16.0 Å². The predicted molar refractivity (Wildman–Crippen MR) is 76.6 cm³/mol. The molecule has 0 amide bonds. The van der Waals surface area contributed by atoms with Crippen LogP contribution in [0.3, 0.4) is 0 Å². The van der Waals surface area contributed by atoms with E-state index >= 15 is 0 Å². The molecule has 1 aliphatic rings. The zero-order valence-electron chi connectivity index (χ0n) is 11.7. The van der Waals surface area contributed by atoms with Gasteiger partial charge in [-0.15, -0.1) is 0 Å². The highest BCUT2D eigenvalue weighted by Crippen LogP contribution is 2.24. The van der Waals surface area contributed by atoms with Gasteiger partial charge in [-0.1, -0.05) is 0 Å². The number of hydrogen-bond donors (Lipinski definition) is 2. The van der Waals surface area contributed by atoms with Crippen LogP contribution in [-0.4, -0.2) is 49.6 Å². The standard InChI is InChI=1S/C13H18N2O5S/c1-9-8-15(5-2-6-20-9)21(18,19)12-7-10(14)3-4-11(12)13(16)17/h3-4,7,9H,2,5-6,8,14H2,1H3,(H,16,17). The highest BCUT2D eigenvalue weighted by atomic mass is 32.2. The number of sulfonamides is 1. The lowest BCUT2D eigenvalue weighted by Crippen LogP contribution is -2.36. The molecule has 2 rings (SSSR count). The molecule has 0 aliphatic carbocycles. The average Bonchev–Trinajstić information content (AvgIpc) is 2.63. The Kier molecular flexibility index (Phi) is 4.50. The van der Waals surface area contributed by atoms with E-state index in [1.807, 2.05) is 0 Å². The predicted octanol–water partition coefficient (Wildman–Crippen LogP) is 0.766. The van der Waals surface area contributed by atoms with Crippen LogP contribution in [0, 0.1) is 0 Å². The van der Waals surface area contributed by atoms with Gasteiger partial charge in [0.05, 0.1) is 16.6 Å². The van der Waals surface area contributed by atoms with Crippen molar-refractivity contribution in [3.05, 3.63) is 23.8 Å². The van der Waals surface area contributed by atoms with Crippen molar-refractivity contribution in [1.82, 2.24) is 4.31 Å². The lowest BCUT2D eigenvalue weighted by atomic mass is 10.2. The number of carboxylic acid groups (broad SMARTS) is 1. The first-order chi connectivity index (χ1) is 9.82. The van der Waals surface area contributed by atoms with Crippen molar-refractivity contribution in [3.8, 4) is 0 Å². The van der Waals surface area contributed by atoms with Gasteiger partial charge in [0.15, 0.2) is 0 Å². The van der Waals surface area contributed by atoms with Gasteiger partial charge in [-0.25, -0.2) is 13.2 Å². The fraction of sp³-hybridized carbons (Fsp3) is 0.462. The van der Waals surface area contributed by atoms with Crippen LogP contribution >= 0.6 is 0 Å². The Morgan fingerprint density at radius 3 is 2.86 bits per heavy atom. The van der Waals surface area contributed by atoms with Gasteiger partial charge in [-0.3, -0.25) is 0 Å². The molecule has 7 nitrogen and oxygen atoms in total. The van der Waals surface area contributed by atoms with E-state index in [-0.39, 0.29) is 28.8 Å². The number of benzene rings is 1. The Morgan fingerprint density at radius 1 is 1.48 bits per heavy atom. The van der Waals surface area contributed by atoms with E-state index in [0.717, 1.165) is 0 Å². The fourth-order valence-corrected chi connectivity index (χ4v) is 4.01. The lowest BCUT2D eigenvalue weighted by Gasteiger charge is -2.22. The molecule has 1 atom stereocenters. The third kappa shape index (κ3) is 3.34. The molecule has 1 heterocycles. The smallest absolute Gasteiger partial charge is 0.337 e. The molecule has 1 unspecified atom stereocenters. The Bertz CT molecular complexity index is 644. The number of nitrogen functional groups attached to an aromatic ring is 1. The summed E-state index contributed by atoms with van der Waals surface area (Å²) in [6.07, 6.45) is 0.325. The minimum atomic E-state index is -3.92. The van der Waals surface area contributed by atoms with E-state index in [2.05, 4.69) is 0 Å².